The monoisotopic (exact) mass is 278 g/mol. The molecule has 1 aliphatic heterocycles. The quantitative estimate of drug-likeness (QED) is 0.864. The fourth-order valence-corrected chi connectivity index (χ4v) is 2.40. The number of rotatable bonds is 3. The summed E-state index contributed by atoms with van der Waals surface area (Å²) in [6.07, 6.45) is 4.43. The summed E-state index contributed by atoms with van der Waals surface area (Å²) in [5, 5.41) is 0.721. The lowest BCUT2D eigenvalue weighted by atomic mass is 10.1. The first-order valence-corrected chi connectivity index (χ1v) is 6.91. The highest BCUT2D eigenvalue weighted by molar-refractivity contribution is 6.31. The maximum atomic E-state index is 12.0. The number of nitrogens with zero attached hydrogens (tertiary/aromatic N) is 1. The first-order chi connectivity index (χ1) is 9.10. The minimum Gasteiger partial charge on any atom is -0.339 e. The highest BCUT2D eigenvalue weighted by Crippen LogP contribution is 2.18. The molecule has 1 aromatic carbocycles. The Morgan fingerprint density at radius 2 is 2.37 bits per heavy atom. The van der Waals surface area contributed by atoms with Gasteiger partial charge in [-0.05, 0) is 49.1 Å². The summed E-state index contributed by atoms with van der Waals surface area (Å²) in [5.41, 5.74) is 7.60. The van der Waals surface area contributed by atoms with Crippen LogP contribution in [0.1, 0.15) is 17.5 Å². The predicted molar refractivity (Wildman–Crippen MR) is 79.0 cm³/mol. The Morgan fingerprint density at radius 3 is 3.00 bits per heavy atom. The van der Waals surface area contributed by atoms with Crippen LogP contribution in [0.5, 0.6) is 0 Å². The van der Waals surface area contributed by atoms with E-state index in [4.69, 9.17) is 17.3 Å². The normalized spacial score (nSPS) is 19.3. The zero-order valence-corrected chi connectivity index (χ0v) is 11.9. The van der Waals surface area contributed by atoms with Crippen LogP contribution >= 0.6 is 11.6 Å². The van der Waals surface area contributed by atoms with Gasteiger partial charge in [0.15, 0.2) is 0 Å². The van der Waals surface area contributed by atoms with E-state index in [2.05, 4.69) is 0 Å². The van der Waals surface area contributed by atoms with Gasteiger partial charge < -0.3 is 10.6 Å². The molecule has 1 aromatic rings. The Labute approximate surface area is 119 Å². The van der Waals surface area contributed by atoms with Crippen molar-refractivity contribution in [1.82, 2.24) is 4.90 Å². The van der Waals surface area contributed by atoms with Gasteiger partial charge in [-0.15, -0.1) is 0 Å². The predicted octanol–water partition coefficient (Wildman–Crippen LogP) is 2.47. The Morgan fingerprint density at radius 1 is 1.58 bits per heavy atom. The van der Waals surface area contributed by atoms with Gasteiger partial charge in [0.1, 0.15) is 0 Å². The average molecular weight is 279 g/mol. The Balaban J connectivity index is 1.98. The molecule has 1 atom stereocenters. The second-order valence-electron chi connectivity index (χ2n) is 5.02. The van der Waals surface area contributed by atoms with E-state index in [-0.39, 0.29) is 5.91 Å². The smallest absolute Gasteiger partial charge is 0.246 e. The third kappa shape index (κ3) is 3.58. The lowest BCUT2D eigenvalue weighted by Crippen LogP contribution is -2.28. The average Bonchev–Trinajstić information content (AvgIpc) is 2.88. The molecule has 2 N–H and O–H groups in total. The van der Waals surface area contributed by atoms with E-state index in [9.17, 15) is 4.79 Å². The van der Waals surface area contributed by atoms with E-state index in [1.165, 1.54) is 0 Å². The van der Waals surface area contributed by atoms with Crippen molar-refractivity contribution in [2.45, 2.75) is 13.3 Å². The highest BCUT2D eigenvalue weighted by atomic mass is 35.5. The molecule has 3 nitrogen and oxygen atoms in total. The number of nitrogens with two attached hydrogens (primary N) is 1. The van der Waals surface area contributed by atoms with Crippen LogP contribution in [-0.4, -0.2) is 30.4 Å². The maximum absolute atomic E-state index is 12.0. The van der Waals surface area contributed by atoms with Gasteiger partial charge in [-0.2, -0.15) is 0 Å². The third-order valence-electron chi connectivity index (χ3n) is 3.55. The first-order valence-electron chi connectivity index (χ1n) is 6.53. The summed E-state index contributed by atoms with van der Waals surface area (Å²) < 4.78 is 0. The fraction of sp³-hybridized carbons (Fsp3) is 0.400. The number of hydrogen-bond acceptors (Lipinski definition) is 2. The molecular formula is C15H19ClN2O. The molecule has 0 radical (unpaired) electrons. The number of carbonyl (C=O) groups excluding carboxylic acids is 1. The Bertz CT molecular complexity index is 499. The van der Waals surface area contributed by atoms with Crippen molar-refractivity contribution in [2.24, 2.45) is 11.7 Å². The van der Waals surface area contributed by atoms with Crippen LogP contribution in [0.15, 0.2) is 24.3 Å². The molecule has 1 heterocycles. The molecule has 0 aliphatic carbocycles. The van der Waals surface area contributed by atoms with E-state index >= 15 is 0 Å². The van der Waals surface area contributed by atoms with Crippen LogP contribution in [-0.2, 0) is 4.79 Å². The summed E-state index contributed by atoms with van der Waals surface area (Å²) in [7, 11) is 0. The third-order valence-corrected chi connectivity index (χ3v) is 3.95. The molecular weight excluding hydrogens is 260 g/mol. The lowest BCUT2D eigenvalue weighted by Gasteiger charge is -2.13. The standard InChI is InChI=1S/C15H19ClN2O/c1-11-2-3-12(8-14(11)16)4-5-15(19)18-7-6-13(9-17)10-18/h2-5,8,13H,6-7,9-10,17H2,1H3. The summed E-state index contributed by atoms with van der Waals surface area (Å²) in [5.74, 6) is 0.499. The van der Waals surface area contributed by atoms with Gasteiger partial charge in [0.25, 0.3) is 0 Å². The van der Waals surface area contributed by atoms with Crippen LogP contribution in [0.3, 0.4) is 0 Å². The van der Waals surface area contributed by atoms with Gasteiger partial charge in [-0.1, -0.05) is 23.7 Å². The van der Waals surface area contributed by atoms with E-state index in [0.29, 0.717) is 12.5 Å². The lowest BCUT2D eigenvalue weighted by molar-refractivity contribution is -0.125. The van der Waals surface area contributed by atoms with E-state index in [0.717, 1.165) is 35.7 Å². The topological polar surface area (TPSA) is 46.3 Å². The second-order valence-corrected chi connectivity index (χ2v) is 5.42. The first kappa shape index (κ1) is 14.1. The fourth-order valence-electron chi connectivity index (χ4n) is 2.21. The van der Waals surface area contributed by atoms with Crippen LogP contribution in [0, 0.1) is 12.8 Å². The number of hydrogen-bond donors (Lipinski definition) is 1. The largest absolute Gasteiger partial charge is 0.339 e. The van der Waals surface area contributed by atoms with Gasteiger partial charge in [-0.3, -0.25) is 4.79 Å². The molecule has 102 valence electrons. The Kier molecular flexibility index (Phi) is 4.61. The van der Waals surface area contributed by atoms with Crippen LogP contribution in [0.2, 0.25) is 5.02 Å². The SMILES string of the molecule is Cc1ccc(C=CC(=O)N2CCC(CN)C2)cc1Cl. The van der Waals surface area contributed by atoms with Gasteiger partial charge >= 0.3 is 0 Å². The number of benzene rings is 1. The van der Waals surface area contributed by atoms with Crippen LogP contribution in [0.25, 0.3) is 6.08 Å². The molecule has 4 heteroatoms. The van der Waals surface area contributed by atoms with Crippen molar-refractivity contribution < 1.29 is 4.79 Å². The molecule has 1 aliphatic rings. The number of amides is 1. The maximum Gasteiger partial charge on any atom is 0.246 e. The summed E-state index contributed by atoms with van der Waals surface area (Å²) in [6, 6.07) is 5.78. The van der Waals surface area contributed by atoms with Crippen molar-refractivity contribution in [2.75, 3.05) is 19.6 Å². The molecule has 0 spiro atoms. The summed E-state index contributed by atoms with van der Waals surface area (Å²) >= 11 is 6.05. The molecule has 1 saturated heterocycles. The molecule has 2 rings (SSSR count). The number of likely N-dealkylation sites (tertiary alicyclic amines) is 1. The second kappa shape index (κ2) is 6.22. The molecule has 0 aromatic heterocycles. The van der Waals surface area contributed by atoms with Crippen molar-refractivity contribution in [3.05, 3.63) is 40.4 Å². The minimum absolute atomic E-state index is 0.0487. The van der Waals surface area contributed by atoms with Gasteiger partial charge in [0, 0.05) is 24.2 Å². The molecule has 1 fully saturated rings. The van der Waals surface area contributed by atoms with Crippen molar-refractivity contribution in [3.63, 3.8) is 0 Å². The molecule has 19 heavy (non-hydrogen) atoms. The molecule has 1 amide bonds. The number of aryl methyl sites for hydroxylation is 1. The highest BCUT2D eigenvalue weighted by Gasteiger charge is 2.23. The number of carbonyl (C=O) groups is 1. The minimum atomic E-state index is 0.0487. The van der Waals surface area contributed by atoms with Gasteiger partial charge in [0.2, 0.25) is 5.91 Å². The zero-order valence-electron chi connectivity index (χ0n) is 11.1. The van der Waals surface area contributed by atoms with Crippen LogP contribution < -0.4 is 5.73 Å². The number of halogens is 1. The summed E-state index contributed by atoms with van der Waals surface area (Å²) in [6.45, 7) is 4.19. The summed E-state index contributed by atoms with van der Waals surface area (Å²) in [4.78, 5) is 13.8. The van der Waals surface area contributed by atoms with Gasteiger partial charge in [-0.25, -0.2) is 0 Å². The van der Waals surface area contributed by atoms with Crippen molar-refractivity contribution >= 4 is 23.6 Å². The van der Waals surface area contributed by atoms with E-state index in [1.807, 2.05) is 36.1 Å². The molecule has 0 bridgehead atoms. The van der Waals surface area contributed by atoms with Crippen molar-refractivity contribution in [1.29, 1.82) is 0 Å². The van der Waals surface area contributed by atoms with Crippen LogP contribution in [0.4, 0.5) is 0 Å². The molecule has 0 saturated carbocycles. The van der Waals surface area contributed by atoms with Gasteiger partial charge in [0.05, 0.1) is 0 Å². The Hall–Kier alpha value is -1.32. The zero-order chi connectivity index (χ0) is 13.8. The molecule has 1 unspecified atom stereocenters. The van der Waals surface area contributed by atoms with Crippen molar-refractivity contribution in [3.8, 4) is 0 Å². The van der Waals surface area contributed by atoms with E-state index < -0.39 is 0 Å². The van der Waals surface area contributed by atoms with E-state index in [1.54, 1.807) is 6.08 Å².